The van der Waals surface area contributed by atoms with Gasteiger partial charge in [0.05, 0.1) is 19.1 Å². The minimum Gasteiger partial charge on any atom is -0.497 e. The Labute approximate surface area is 159 Å². The number of methoxy groups -OCH3 is 1. The summed E-state index contributed by atoms with van der Waals surface area (Å²) in [5, 5.41) is 2.87. The van der Waals surface area contributed by atoms with Crippen molar-refractivity contribution in [3.8, 4) is 11.5 Å². The van der Waals surface area contributed by atoms with Crippen LogP contribution in [0.4, 0.5) is 11.4 Å². The minimum atomic E-state index is -0.383. The first-order valence-corrected chi connectivity index (χ1v) is 8.98. The number of rotatable bonds is 6. The van der Waals surface area contributed by atoms with Crippen LogP contribution in [0, 0.1) is 5.92 Å². The number of benzene rings is 2. The van der Waals surface area contributed by atoms with Gasteiger partial charge in [0.15, 0.2) is 0 Å². The molecule has 0 unspecified atom stereocenters. The van der Waals surface area contributed by atoms with Crippen molar-refractivity contribution in [1.29, 1.82) is 0 Å². The van der Waals surface area contributed by atoms with E-state index in [0.29, 0.717) is 12.2 Å². The number of ether oxygens (including phenoxy) is 2. The van der Waals surface area contributed by atoms with Crippen molar-refractivity contribution >= 4 is 23.2 Å². The average molecular weight is 368 g/mol. The van der Waals surface area contributed by atoms with E-state index in [9.17, 15) is 9.59 Å². The summed E-state index contributed by atoms with van der Waals surface area (Å²) in [4.78, 5) is 26.6. The quantitative estimate of drug-likeness (QED) is 0.848. The highest BCUT2D eigenvalue weighted by atomic mass is 16.5. The van der Waals surface area contributed by atoms with Crippen LogP contribution < -0.4 is 19.7 Å². The summed E-state index contributed by atoms with van der Waals surface area (Å²) >= 11 is 0. The van der Waals surface area contributed by atoms with Crippen LogP contribution in [0.5, 0.6) is 11.5 Å². The summed E-state index contributed by atoms with van der Waals surface area (Å²) < 4.78 is 10.7. The van der Waals surface area contributed by atoms with Gasteiger partial charge < -0.3 is 19.7 Å². The molecule has 6 heteroatoms. The highest BCUT2D eigenvalue weighted by Gasteiger charge is 2.35. The van der Waals surface area contributed by atoms with Crippen LogP contribution in [-0.4, -0.2) is 31.6 Å². The fraction of sp³-hybridized carbons (Fsp3) is 0.333. The molecule has 0 aromatic heterocycles. The van der Waals surface area contributed by atoms with Gasteiger partial charge in [0.2, 0.25) is 11.8 Å². The number of amides is 2. The molecule has 0 radical (unpaired) electrons. The SMILES string of the molecule is COc1ccc(NC(=O)[C@@H]2CC(=O)N(c3ccc(OC(C)C)cc3)C2)cc1. The number of anilines is 2. The number of nitrogens with one attached hydrogen (secondary N) is 1. The molecule has 1 fully saturated rings. The second kappa shape index (κ2) is 8.12. The van der Waals surface area contributed by atoms with E-state index >= 15 is 0 Å². The largest absolute Gasteiger partial charge is 0.497 e. The first-order valence-electron chi connectivity index (χ1n) is 8.98. The number of carbonyl (C=O) groups is 2. The highest BCUT2D eigenvalue weighted by molar-refractivity contribution is 6.03. The molecule has 1 aliphatic rings. The third-order valence-electron chi connectivity index (χ3n) is 4.37. The zero-order valence-electron chi connectivity index (χ0n) is 15.8. The minimum absolute atomic E-state index is 0.0533. The second-order valence-electron chi connectivity index (χ2n) is 6.78. The molecular weight excluding hydrogens is 344 g/mol. The molecule has 2 aromatic rings. The summed E-state index contributed by atoms with van der Waals surface area (Å²) in [7, 11) is 1.59. The third kappa shape index (κ3) is 4.58. The van der Waals surface area contributed by atoms with Crippen molar-refractivity contribution in [2.24, 2.45) is 5.92 Å². The van der Waals surface area contributed by atoms with Gasteiger partial charge in [-0.3, -0.25) is 9.59 Å². The molecule has 2 amide bonds. The van der Waals surface area contributed by atoms with Crippen LogP contribution in [0.3, 0.4) is 0 Å². The molecule has 0 bridgehead atoms. The van der Waals surface area contributed by atoms with Gasteiger partial charge >= 0.3 is 0 Å². The van der Waals surface area contributed by atoms with Crippen molar-refractivity contribution in [3.63, 3.8) is 0 Å². The molecule has 1 aliphatic heterocycles. The molecule has 1 heterocycles. The standard InChI is InChI=1S/C21H24N2O4/c1-14(2)27-19-10-6-17(7-11-19)23-13-15(12-20(23)24)21(25)22-16-4-8-18(26-3)9-5-16/h4-11,14-15H,12-13H2,1-3H3,(H,22,25)/t15-/m1/s1. The highest BCUT2D eigenvalue weighted by Crippen LogP contribution is 2.28. The molecule has 142 valence electrons. The number of hydrogen-bond acceptors (Lipinski definition) is 4. The van der Waals surface area contributed by atoms with Crippen LogP contribution in [0.2, 0.25) is 0 Å². The zero-order valence-corrected chi connectivity index (χ0v) is 15.8. The fourth-order valence-electron chi connectivity index (χ4n) is 3.03. The van der Waals surface area contributed by atoms with E-state index in [2.05, 4.69) is 5.32 Å². The number of nitrogens with zero attached hydrogens (tertiary/aromatic N) is 1. The Kier molecular flexibility index (Phi) is 5.64. The lowest BCUT2D eigenvalue weighted by atomic mass is 10.1. The lowest BCUT2D eigenvalue weighted by Crippen LogP contribution is -2.28. The summed E-state index contributed by atoms with van der Waals surface area (Å²) in [6.45, 7) is 4.29. The molecule has 0 spiro atoms. The Morgan fingerprint density at radius 2 is 1.70 bits per heavy atom. The topological polar surface area (TPSA) is 67.9 Å². The Hall–Kier alpha value is -3.02. The van der Waals surface area contributed by atoms with Crippen LogP contribution in [0.15, 0.2) is 48.5 Å². The van der Waals surface area contributed by atoms with Gasteiger partial charge in [-0.2, -0.15) is 0 Å². The van der Waals surface area contributed by atoms with Crippen molar-refractivity contribution in [2.45, 2.75) is 26.4 Å². The Bertz CT molecular complexity index is 800. The Morgan fingerprint density at radius 1 is 1.07 bits per heavy atom. The maximum atomic E-state index is 12.5. The monoisotopic (exact) mass is 368 g/mol. The molecule has 2 aromatic carbocycles. The van der Waals surface area contributed by atoms with Gasteiger partial charge in [0.25, 0.3) is 0 Å². The van der Waals surface area contributed by atoms with E-state index in [4.69, 9.17) is 9.47 Å². The zero-order chi connectivity index (χ0) is 19.4. The van der Waals surface area contributed by atoms with Gasteiger partial charge in [-0.15, -0.1) is 0 Å². The van der Waals surface area contributed by atoms with Gasteiger partial charge in [-0.25, -0.2) is 0 Å². The van der Waals surface area contributed by atoms with E-state index in [1.165, 1.54) is 0 Å². The molecule has 1 atom stereocenters. The Morgan fingerprint density at radius 3 is 2.30 bits per heavy atom. The van der Waals surface area contributed by atoms with Gasteiger partial charge in [-0.05, 0) is 62.4 Å². The van der Waals surface area contributed by atoms with Crippen LogP contribution in [0.25, 0.3) is 0 Å². The molecule has 0 aliphatic carbocycles. The summed E-state index contributed by atoms with van der Waals surface area (Å²) in [5.41, 5.74) is 1.46. The predicted octanol–water partition coefficient (Wildman–Crippen LogP) is 3.47. The maximum absolute atomic E-state index is 12.5. The third-order valence-corrected chi connectivity index (χ3v) is 4.37. The number of carbonyl (C=O) groups excluding carboxylic acids is 2. The molecular formula is C21H24N2O4. The summed E-state index contributed by atoms with van der Waals surface area (Å²) in [5.74, 6) is 0.888. The molecule has 1 N–H and O–H groups in total. The normalized spacial score (nSPS) is 16.5. The molecule has 27 heavy (non-hydrogen) atoms. The van der Waals surface area contributed by atoms with E-state index in [1.54, 1.807) is 36.3 Å². The summed E-state index contributed by atoms with van der Waals surface area (Å²) in [6.07, 6.45) is 0.293. The van der Waals surface area contributed by atoms with Crippen molar-refractivity contribution < 1.29 is 19.1 Å². The van der Waals surface area contributed by atoms with Gasteiger partial charge in [0.1, 0.15) is 11.5 Å². The van der Waals surface area contributed by atoms with Crippen molar-refractivity contribution in [2.75, 3.05) is 23.9 Å². The van der Waals surface area contributed by atoms with Crippen LogP contribution in [-0.2, 0) is 9.59 Å². The fourth-order valence-corrected chi connectivity index (χ4v) is 3.03. The second-order valence-corrected chi connectivity index (χ2v) is 6.78. The van der Waals surface area contributed by atoms with E-state index in [0.717, 1.165) is 17.2 Å². The van der Waals surface area contributed by atoms with Gasteiger partial charge in [0, 0.05) is 24.3 Å². The Balaban J connectivity index is 1.62. The van der Waals surface area contributed by atoms with E-state index < -0.39 is 0 Å². The van der Waals surface area contributed by atoms with E-state index in [-0.39, 0.29) is 30.3 Å². The summed E-state index contributed by atoms with van der Waals surface area (Å²) in [6, 6.07) is 14.5. The van der Waals surface area contributed by atoms with Gasteiger partial charge in [-0.1, -0.05) is 0 Å². The smallest absolute Gasteiger partial charge is 0.229 e. The lowest BCUT2D eigenvalue weighted by Gasteiger charge is -2.18. The predicted molar refractivity (Wildman–Crippen MR) is 104 cm³/mol. The van der Waals surface area contributed by atoms with Crippen molar-refractivity contribution in [3.05, 3.63) is 48.5 Å². The molecule has 6 nitrogen and oxygen atoms in total. The molecule has 0 saturated carbocycles. The first-order chi connectivity index (χ1) is 13.0. The lowest BCUT2D eigenvalue weighted by molar-refractivity contribution is -0.122. The van der Waals surface area contributed by atoms with Crippen LogP contribution >= 0.6 is 0 Å². The molecule has 1 saturated heterocycles. The maximum Gasteiger partial charge on any atom is 0.229 e. The average Bonchev–Trinajstić information content (AvgIpc) is 3.04. The first kappa shape index (κ1) is 18.8. The van der Waals surface area contributed by atoms with E-state index in [1.807, 2.05) is 38.1 Å². The van der Waals surface area contributed by atoms with Crippen molar-refractivity contribution in [1.82, 2.24) is 0 Å². The van der Waals surface area contributed by atoms with Crippen LogP contribution in [0.1, 0.15) is 20.3 Å². The molecule has 3 rings (SSSR count). The number of hydrogen-bond donors (Lipinski definition) is 1.